The van der Waals surface area contributed by atoms with Crippen LogP contribution in [-0.4, -0.2) is 27.8 Å². The van der Waals surface area contributed by atoms with Crippen LogP contribution in [0.15, 0.2) is 48.5 Å². The summed E-state index contributed by atoms with van der Waals surface area (Å²) in [6.45, 7) is 2.08. The molecule has 0 aliphatic heterocycles. The molecule has 2 aromatic carbocycles. The average Bonchev–Trinajstić information content (AvgIpc) is 3.08. The van der Waals surface area contributed by atoms with Gasteiger partial charge in [-0.2, -0.15) is 0 Å². The molecule has 7 heteroatoms. The number of fused-ring (bicyclic) bond motifs is 3. The molecule has 0 saturated heterocycles. The minimum atomic E-state index is -0.869. The van der Waals surface area contributed by atoms with Crippen molar-refractivity contribution in [2.75, 3.05) is 0 Å². The SMILES string of the molecule is CCC(C(=O)O)n1c2c(c3cccc(Cl)c31)CC(NC(=O)OCc1ccccc1)CC2. The number of hydrogen-bond donors (Lipinski definition) is 2. The molecular weight excluding hydrogens is 416 g/mol. The van der Waals surface area contributed by atoms with Gasteiger partial charge in [-0.25, -0.2) is 9.59 Å². The van der Waals surface area contributed by atoms with Crippen LogP contribution in [0.1, 0.15) is 42.6 Å². The van der Waals surface area contributed by atoms with Gasteiger partial charge in [0, 0.05) is 17.1 Å². The van der Waals surface area contributed by atoms with Crippen LogP contribution in [0.3, 0.4) is 0 Å². The monoisotopic (exact) mass is 440 g/mol. The molecule has 0 bridgehead atoms. The van der Waals surface area contributed by atoms with Crippen LogP contribution in [-0.2, 0) is 29.0 Å². The van der Waals surface area contributed by atoms with Crippen molar-refractivity contribution in [3.8, 4) is 0 Å². The number of carboxylic acid groups (broad SMARTS) is 1. The zero-order valence-corrected chi connectivity index (χ0v) is 18.1. The number of ether oxygens (including phenoxy) is 1. The molecule has 0 spiro atoms. The Balaban J connectivity index is 1.56. The highest BCUT2D eigenvalue weighted by Gasteiger charge is 2.31. The van der Waals surface area contributed by atoms with E-state index in [1.807, 2.05) is 54.0 Å². The van der Waals surface area contributed by atoms with Crippen molar-refractivity contribution < 1.29 is 19.4 Å². The number of hydrogen-bond acceptors (Lipinski definition) is 3. The molecule has 0 fully saturated rings. The first kappa shape index (κ1) is 21.2. The highest BCUT2D eigenvalue weighted by molar-refractivity contribution is 6.35. The fourth-order valence-corrected chi connectivity index (χ4v) is 4.73. The van der Waals surface area contributed by atoms with Gasteiger partial charge in [-0.3, -0.25) is 0 Å². The van der Waals surface area contributed by atoms with Gasteiger partial charge in [-0.15, -0.1) is 0 Å². The normalized spacial score (nSPS) is 16.5. The number of nitrogens with one attached hydrogen (secondary N) is 1. The summed E-state index contributed by atoms with van der Waals surface area (Å²) in [5, 5.41) is 14.2. The summed E-state index contributed by atoms with van der Waals surface area (Å²) in [4.78, 5) is 24.3. The topological polar surface area (TPSA) is 80.6 Å². The number of alkyl carbamates (subject to hydrolysis) is 1. The van der Waals surface area contributed by atoms with Crippen LogP contribution in [0.25, 0.3) is 10.9 Å². The number of para-hydroxylation sites is 1. The lowest BCUT2D eigenvalue weighted by molar-refractivity contribution is -0.140. The van der Waals surface area contributed by atoms with E-state index in [0.29, 0.717) is 30.7 Å². The third-order valence-electron chi connectivity index (χ3n) is 5.89. The van der Waals surface area contributed by atoms with Gasteiger partial charge in [0.1, 0.15) is 12.6 Å². The predicted molar refractivity (Wildman–Crippen MR) is 119 cm³/mol. The van der Waals surface area contributed by atoms with E-state index in [1.54, 1.807) is 6.07 Å². The van der Waals surface area contributed by atoms with Crippen molar-refractivity contribution in [1.82, 2.24) is 9.88 Å². The first-order chi connectivity index (χ1) is 15.0. The van der Waals surface area contributed by atoms with Gasteiger partial charge in [-0.05, 0) is 42.9 Å². The maximum absolute atomic E-state index is 12.3. The highest BCUT2D eigenvalue weighted by Crippen LogP contribution is 2.38. The molecule has 1 amide bonds. The van der Waals surface area contributed by atoms with Gasteiger partial charge in [0.15, 0.2) is 0 Å². The molecule has 2 N–H and O–H groups in total. The van der Waals surface area contributed by atoms with Crippen LogP contribution < -0.4 is 5.32 Å². The standard InChI is InChI=1S/C24H25ClN2O4/c1-2-20(23(28)29)27-21-12-11-16(13-18(21)17-9-6-10-19(25)22(17)27)26-24(30)31-14-15-7-4-3-5-8-15/h3-10,16,20H,2,11-14H2,1H3,(H,26,30)(H,28,29). The quantitative estimate of drug-likeness (QED) is 0.557. The van der Waals surface area contributed by atoms with E-state index >= 15 is 0 Å². The molecule has 2 unspecified atom stereocenters. The molecule has 2 atom stereocenters. The molecular formula is C24H25ClN2O4. The second kappa shape index (κ2) is 9.02. The zero-order valence-electron chi connectivity index (χ0n) is 17.3. The Hall–Kier alpha value is -2.99. The number of halogens is 1. The summed E-state index contributed by atoms with van der Waals surface area (Å²) in [7, 11) is 0. The van der Waals surface area contributed by atoms with Crippen LogP contribution in [0.5, 0.6) is 0 Å². The Kier molecular flexibility index (Phi) is 6.18. The summed E-state index contributed by atoms with van der Waals surface area (Å²) in [5.74, 6) is -0.869. The Labute approximate surface area is 185 Å². The van der Waals surface area contributed by atoms with Crippen molar-refractivity contribution in [2.24, 2.45) is 0 Å². The van der Waals surface area contributed by atoms with Gasteiger partial charge in [-0.1, -0.05) is 61.0 Å². The van der Waals surface area contributed by atoms with Crippen LogP contribution >= 0.6 is 11.6 Å². The van der Waals surface area contributed by atoms with E-state index < -0.39 is 18.1 Å². The van der Waals surface area contributed by atoms with Gasteiger partial charge in [0.25, 0.3) is 0 Å². The fraction of sp³-hybridized carbons (Fsp3) is 0.333. The number of aliphatic carboxylic acids is 1. The Bertz CT molecular complexity index is 1110. The van der Waals surface area contributed by atoms with Crippen molar-refractivity contribution in [2.45, 2.75) is 51.3 Å². The number of aromatic nitrogens is 1. The molecule has 4 rings (SSSR count). The minimum absolute atomic E-state index is 0.0845. The predicted octanol–water partition coefficient (Wildman–Crippen LogP) is 5.11. The molecule has 31 heavy (non-hydrogen) atoms. The lowest BCUT2D eigenvalue weighted by Gasteiger charge is -2.26. The molecule has 1 heterocycles. The van der Waals surface area contributed by atoms with E-state index in [9.17, 15) is 14.7 Å². The third-order valence-corrected chi connectivity index (χ3v) is 6.20. The first-order valence-electron chi connectivity index (χ1n) is 10.5. The summed E-state index contributed by atoms with van der Waals surface area (Å²) in [6.07, 6.45) is 1.99. The van der Waals surface area contributed by atoms with Gasteiger partial charge >= 0.3 is 12.1 Å². The van der Waals surface area contributed by atoms with Gasteiger partial charge in [0.2, 0.25) is 0 Å². The zero-order chi connectivity index (χ0) is 22.0. The smallest absolute Gasteiger partial charge is 0.407 e. The van der Waals surface area contributed by atoms with E-state index in [2.05, 4.69) is 5.32 Å². The van der Waals surface area contributed by atoms with Crippen LogP contribution in [0, 0.1) is 0 Å². The van der Waals surface area contributed by atoms with E-state index in [0.717, 1.165) is 27.7 Å². The van der Waals surface area contributed by atoms with E-state index in [4.69, 9.17) is 16.3 Å². The number of nitrogens with zero attached hydrogens (tertiary/aromatic N) is 1. The second-order valence-corrected chi connectivity index (χ2v) is 8.25. The summed E-state index contributed by atoms with van der Waals surface area (Å²) >= 11 is 6.50. The lowest BCUT2D eigenvalue weighted by Crippen LogP contribution is -2.39. The first-order valence-corrected chi connectivity index (χ1v) is 10.9. The minimum Gasteiger partial charge on any atom is -0.480 e. The van der Waals surface area contributed by atoms with Gasteiger partial charge < -0.3 is 19.7 Å². The Morgan fingerprint density at radius 3 is 2.71 bits per heavy atom. The Morgan fingerprint density at radius 1 is 1.23 bits per heavy atom. The maximum atomic E-state index is 12.3. The molecule has 1 aliphatic carbocycles. The molecule has 0 radical (unpaired) electrons. The third kappa shape index (κ3) is 4.26. The maximum Gasteiger partial charge on any atom is 0.407 e. The van der Waals surface area contributed by atoms with Crippen molar-refractivity contribution in [1.29, 1.82) is 0 Å². The van der Waals surface area contributed by atoms with Crippen molar-refractivity contribution in [3.05, 3.63) is 70.4 Å². The Morgan fingerprint density at radius 2 is 2.00 bits per heavy atom. The van der Waals surface area contributed by atoms with Gasteiger partial charge in [0.05, 0.1) is 10.5 Å². The molecule has 1 aromatic heterocycles. The average molecular weight is 441 g/mol. The molecule has 1 aliphatic rings. The number of carbonyl (C=O) groups is 2. The number of rotatable bonds is 6. The molecule has 162 valence electrons. The van der Waals surface area contributed by atoms with Crippen molar-refractivity contribution in [3.63, 3.8) is 0 Å². The summed E-state index contributed by atoms with van der Waals surface area (Å²) in [6, 6.07) is 14.4. The molecule has 3 aromatic rings. The fourth-order valence-electron chi connectivity index (χ4n) is 4.46. The number of carboxylic acids is 1. The second-order valence-electron chi connectivity index (χ2n) is 7.84. The largest absolute Gasteiger partial charge is 0.480 e. The van der Waals surface area contributed by atoms with Crippen LogP contribution in [0.4, 0.5) is 4.79 Å². The highest BCUT2D eigenvalue weighted by atomic mass is 35.5. The van der Waals surface area contributed by atoms with E-state index in [1.165, 1.54) is 0 Å². The molecule has 0 saturated carbocycles. The lowest BCUT2D eigenvalue weighted by atomic mass is 9.91. The number of carbonyl (C=O) groups excluding carboxylic acids is 1. The van der Waals surface area contributed by atoms with Crippen molar-refractivity contribution >= 4 is 34.6 Å². The summed E-state index contributed by atoms with van der Waals surface area (Å²) < 4.78 is 7.25. The number of amides is 1. The number of benzene rings is 2. The summed E-state index contributed by atoms with van der Waals surface area (Å²) in [5.41, 5.74) is 3.74. The van der Waals surface area contributed by atoms with E-state index in [-0.39, 0.29) is 12.6 Å². The van der Waals surface area contributed by atoms with Crippen LogP contribution in [0.2, 0.25) is 5.02 Å². The molecule has 6 nitrogen and oxygen atoms in total.